The van der Waals surface area contributed by atoms with E-state index in [0.717, 1.165) is 27.5 Å². The topological polar surface area (TPSA) is 49.4 Å². The molecule has 1 N–H and O–H groups in total. The van der Waals surface area contributed by atoms with Crippen molar-refractivity contribution in [1.29, 1.82) is 0 Å². The van der Waals surface area contributed by atoms with E-state index in [2.05, 4.69) is 12.2 Å². The van der Waals surface area contributed by atoms with E-state index >= 15 is 0 Å². The summed E-state index contributed by atoms with van der Waals surface area (Å²) in [6.07, 6.45) is 0.283. The van der Waals surface area contributed by atoms with Crippen molar-refractivity contribution in [3.63, 3.8) is 0 Å². The monoisotopic (exact) mass is 354 g/mol. The Labute approximate surface area is 152 Å². The van der Waals surface area contributed by atoms with Gasteiger partial charge in [-0.05, 0) is 36.4 Å². The van der Waals surface area contributed by atoms with Gasteiger partial charge in [0.2, 0.25) is 5.91 Å². The lowest BCUT2D eigenvalue weighted by atomic mass is 10.1. The normalized spacial score (nSPS) is 14.3. The number of anilines is 1. The van der Waals surface area contributed by atoms with Gasteiger partial charge in [-0.25, -0.2) is 0 Å². The first-order valence-electron chi connectivity index (χ1n) is 8.50. The molecule has 0 radical (unpaired) electrons. The fraction of sp³-hybridized carbons (Fsp3) is 0.300. The number of fused-ring (bicyclic) bond motifs is 1. The van der Waals surface area contributed by atoms with Gasteiger partial charge in [0, 0.05) is 29.5 Å². The lowest BCUT2D eigenvalue weighted by Gasteiger charge is -2.24. The molecule has 0 aromatic heterocycles. The van der Waals surface area contributed by atoms with Gasteiger partial charge in [-0.2, -0.15) is 0 Å². The number of amides is 2. The molecule has 0 unspecified atom stereocenters. The average Bonchev–Trinajstić information content (AvgIpc) is 2.94. The average molecular weight is 354 g/mol. The maximum atomic E-state index is 12.5. The predicted molar refractivity (Wildman–Crippen MR) is 102 cm³/mol. The number of hydrogen-bond donors (Lipinski definition) is 1. The van der Waals surface area contributed by atoms with Crippen molar-refractivity contribution in [2.75, 3.05) is 11.1 Å². The number of hydrogen-bond acceptors (Lipinski definition) is 3. The highest BCUT2D eigenvalue weighted by molar-refractivity contribution is 7.99. The summed E-state index contributed by atoms with van der Waals surface area (Å²) in [5, 5.41) is 2.99. The van der Waals surface area contributed by atoms with Gasteiger partial charge in [0.15, 0.2) is 0 Å². The molecule has 1 atom stereocenters. The zero-order valence-corrected chi connectivity index (χ0v) is 15.3. The summed E-state index contributed by atoms with van der Waals surface area (Å²) in [5.41, 5.74) is 2.62. The summed E-state index contributed by atoms with van der Waals surface area (Å²) in [5.74, 6) is 0.891. The number of benzene rings is 2. The molecular weight excluding hydrogens is 332 g/mol. The van der Waals surface area contributed by atoms with Crippen LogP contribution >= 0.6 is 11.8 Å². The van der Waals surface area contributed by atoms with E-state index < -0.39 is 0 Å². The first-order chi connectivity index (χ1) is 12.1. The zero-order chi connectivity index (χ0) is 17.8. The third-order valence-electron chi connectivity index (χ3n) is 4.32. The van der Waals surface area contributed by atoms with Gasteiger partial charge in [-0.15, -0.1) is 11.8 Å². The van der Waals surface area contributed by atoms with Crippen molar-refractivity contribution in [2.24, 2.45) is 0 Å². The van der Waals surface area contributed by atoms with Gasteiger partial charge in [0.25, 0.3) is 5.91 Å². The highest BCUT2D eigenvalue weighted by Gasteiger charge is 2.31. The van der Waals surface area contributed by atoms with Crippen LogP contribution in [0.5, 0.6) is 0 Å². The van der Waals surface area contributed by atoms with Crippen LogP contribution in [0.3, 0.4) is 0 Å². The molecule has 2 amide bonds. The van der Waals surface area contributed by atoms with Crippen LogP contribution in [-0.2, 0) is 11.3 Å². The number of nitrogens with zero attached hydrogens (tertiary/aromatic N) is 1. The molecule has 1 heterocycles. The van der Waals surface area contributed by atoms with Crippen molar-refractivity contribution in [2.45, 2.75) is 37.8 Å². The standard InChI is InChI=1S/C20H22N2O2S/c1-3-25-18-11-7-6-10-17(18)21-19(23)12-14(2)22-13-15-8-4-5-9-16(15)20(22)24/h4-11,14H,3,12-13H2,1-2H3,(H,21,23)/t14-/m1/s1. The highest BCUT2D eigenvalue weighted by atomic mass is 32.2. The molecule has 0 aliphatic carbocycles. The second-order valence-corrected chi connectivity index (χ2v) is 7.43. The molecule has 5 heteroatoms. The van der Waals surface area contributed by atoms with E-state index in [4.69, 9.17) is 0 Å². The summed E-state index contributed by atoms with van der Waals surface area (Å²) in [7, 11) is 0. The molecule has 0 bridgehead atoms. The fourth-order valence-electron chi connectivity index (χ4n) is 3.06. The minimum Gasteiger partial charge on any atom is -0.331 e. The second kappa shape index (κ2) is 7.74. The molecule has 2 aromatic carbocycles. The predicted octanol–water partition coefficient (Wildman–Crippen LogP) is 4.17. The lowest BCUT2D eigenvalue weighted by molar-refractivity contribution is -0.117. The Bertz CT molecular complexity index is 791. The summed E-state index contributed by atoms with van der Waals surface area (Å²) >= 11 is 1.70. The van der Waals surface area contributed by atoms with Gasteiger partial charge in [-0.3, -0.25) is 9.59 Å². The van der Waals surface area contributed by atoms with E-state index in [1.807, 2.05) is 55.5 Å². The van der Waals surface area contributed by atoms with Gasteiger partial charge in [-0.1, -0.05) is 37.3 Å². The molecule has 1 aliphatic heterocycles. The van der Waals surface area contributed by atoms with Crippen LogP contribution in [0, 0.1) is 0 Å². The summed E-state index contributed by atoms with van der Waals surface area (Å²) < 4.78 is 0. The lowest BCUT2D eigenvalue weighted by Crippen LogP contribution is -2.36. The van der Waals surface area contributed by atoms with Crippen molar-refractivity contribution in [3.8, 4) is 0 Å². The van der Waals surface area contributed by atoms with Crippen LogP contribution in [0.4, 0.5) is 5.69 Å². The minimum atomic E-state index is -0.147. The van der Waals surface area contributed by atoms with Crippen LogP contribution in [0.1, 0.15) is 36.2 Å². The molecule has 0 fully saturated rings. The molecule has 0 spiro atoms. The smallest absolute Gasteiger partial charge is 0.254 e. The van der Waals surface area contributed by atoms with E-state index in [1.165, 1.54) is 0 Å². The van der Waals surface area contributed by atoms with Crippen molar-refractivity contribution >= 4 is 29.3 Å². The van der Waals surface area contributed by atoms with Crippen molar-refractivity contribution in [1.82, 2.24) is 4.90 Å². The number of nitrogens with one attached hydrogen (secondary N) is 1. The van der Waals surface area contributed by atoms with Crippen LogP contribution in [0.15, 0.2) is 53.4 Å². The largest absolute Gasteiger partial charge is 0.331 e. The molecule has 130 valence electrons. The Morgan fingerprint density at radius 1 is 1.20 bits per heavy atom. The van der Waals surface area contributed by atoms with E-state index in [9.17, 15) is 9.59 Å². The van der Waals surface area contributed by atoms with Crippen LogP contribution in [-0.4, -0.2) is 28.5 Å². The van der Waals surface area contributed by atoms with E-state index in [-0.39, 0.29) is 24.3 Å². The maximum Gasteiger partial charge on any atom is 0.254 e. The molecule has 2 aromatic rings. The molecule has 0 saturated carbocycles. The molecule has 1 aliphatic rings. The molecule has 0 saturated heterocycles. The van der Waals surface area contributed by atoms with Crippen molar-refractivity contribution in [3.05, 3.63) is 59.7 Å². The van der Waals surface area contributed by atoms with Gasteiger partial charge in [0.1, 0.15) is 0 Å². The molecular formula is C20H22N2O2S. The highest BCUT2D eigenvalue weighted by Crippen LogP contribution is 2.28. The number of carbonyl (C=O) groups is 2. The second-order valence-electron chi connectivity index (χ2n) is 6.12. The van der Waals surface area contributed by atoms with Crippen molar-refractivity contribution < 1.29 is 9.59 Å². The Kier molecular flexibility index (Phi) is 5.43. The fourth-order valence-corrected chi connectivity index (χ4v) is 3.82. The SMILES string of the molecule is CCSc1ccccc1NC(=O)C[C@@H](C)N1Cc2ccccc2C1=O. The van der Waals surface area contributed by atoms with Crippen LogP contribution < -0.4 is 5.32 Å². The van der Waals surface area contributed by atoms with E-state index in [1.54, 1.807) is 16.7 Å². The molecule has 25 heavy (non-hydrogen) atoms. The Hall–Kier alpha value is -2.27. The molecule has 4 nitrogen and oxygen atoms in total. The first-order valence-corrected chi connectivity index (χ1v) is 9.49. The number of carbonyl (C=O) groups excluding carboxylic acids is 2. The number of para-hydroxylation sites is 1. The minimum absolute atomic E-state index is 0.0119. The maximum absolute atomic E-state index is 12.5. The third kappa shape index (κ3) is 3.87. The Morgan fingerprint density at radius 2 is 1.92 bits per heavy atom. The van der Waals surface area contributed by atoms with Gasteiger partial charge < -0.3 is 10.2 Å². The van der Waals surface area contributed by atoms with Crippen LogP contribution in [0.25, 0.3) is 0 Å². The van der Waals surface area contributed by atoms with Gasteiger partial charge in [0.05, 0.1) is 5.69 Å². The number of rotatable bonds is 6. The summed E-state index contributed by atoms with van der Waals surface area (Å²) in [4.78, 5) is 27.8. The quantitative estimate of drug-likeness (QED) is 0.792. The number of thioether (sulfide) groups is 1. The Morgan fingerprint density at radius 3 is 2.68 bits per heavy atom. The van der Waals surface area contributed by atoms with Crippen LogP contribution in [0.2, 0.25) is 0 Å². The zero-order valence-electron chi connectivity index (χ0n) is 14.5. The summed E-state index contributed by atoms with van der Waals surface area (Å²) in [6.45, 7) is 4.59. The van der Waals surface area contributed by atoms with Gasteiger partial charge >= 0.3 is 0 Å². The summed E-state index contributed by atoms with van der Waals surface area (Å²) in [6, 6.07) is 15.3. The Balaban J connectivity index is 1.63. The third-order valence-corrected chi connectivity index (χ3v) is 5.28. The first kappa shape index (κ1) is 17.5. The molecule has 3 rings (SSSR count). The van der Waals surface area contributed by atoms with E-state index in [0.29, 0.717) is 6.54 Å².